The number of alkyl halides is 1. The van der Waals surface area contributed by atoms with Gasteiger partial charge in [0.2, 0.25) is 0 Å². The van der Waals surface area contributed by atoms with Gasteiger partial charge in [-0.2, -0.15) is 0 Å². The Morgan fingerprint density at radius 3 is 2.24 bits per heavy atom. The van der Waals surface area contributed by atoms with Crippen LogP contribution in [0, 0.1) is 6.92 Å². The summed E-state index contributed by atoms with van der Waals surface area (Å²) in [6.45, 7) is 2.06. The summed E-state index contributed by atoms with van der Waals surface area (Å²) in [7, 11) is 0. The van der Waals surface area contributed by atoms with Gasteiger partial charge in [-0.05, 0) is 36.2 Å². The van der Waals surface area contributed by atoms with E-state index in [1.807, 2.05) is 30.3 Å². The second-order valence-electron chi connectivity index (χ2n) is 3.98. The third kappa shape index (κ3) is 3.25. The highest BCUT2D eigenvalue weighted by molar-refractivity contribution is 9.10. The summed E-state index contributed by atoms with van der Waals surface area (Å²) in [6, 6.07) is 13.9. The maximum absolute atomic E-state index is 6.45. The van der Waals surface area contributed by atoms with Crippen molar-refractivity contribution in [2.45, 2.75) is 12.3 Å². The molecule has 0 aliphatic carbocycles. The van der Waals surface area contributed by atoms with Crippen LogP contribution in [0.25, 0.3) is 0 Å². The van der Waals surface area contributed by atoms with Crippen molar-refractivity contribution >= 4 is 39.1 Å². The summed E-state index contributed by atoms with van der Waals surface area (Å²) in [6.07, 6.45) is 0. The maximum atomic E-state index is 6.45. The van der Waals surface area contributed by atoms with E-state index in [1.54, 1.807) is 0 Å². The van der Waals surface area contributed by atoms with Gasteiger partial charge in [-0.1, -0.05) is 57.4 Å². The smallest absolute Gasteiger partial charge is 0.0836 e. The van der Waals surface area contributed by atoms with Crippen LogP contribution in [-0.2, 0) is 0 Å². The first-order valence-corrected chi connectivity index (χ1v) is 6.83. The van der Waals surface area contributed by atoms with E-state index in [9.17, 15) is 0 Å². The van der Waals surface area contributed by atoms with Gasteiger partial charge in [0.25, 0.3) is 0 Å². The molecule has 0 nitrogen and oxygen atoms in total. The highest BCUT2D eigenvalue weighted by atomic mass is 79.9. The lowest BCUT2D eigenvalue weighted by atomic mass is 10.0. The van der Waals surface area contributed by atoms with Gasteiger partial charge in [0.05, 0.1) is 5.38 Å². The predicted octanol–water partition coefficient (Wildman–Crippen LogP) is 5.74. The molecule has 0 spiro atoms. The Labute approximate surface area is 120 Å². The standard InChI is InChI=1S/C14H11BrCl2/c1-9-2-4-10(5-3-9)14(17)11-6-12(15)8-13(16)7-11/h2-8,14H,1H3. The van der Waals surface area contributed by atoms with Gasteiger partial charge in [0, 0.05) is 9.50 Å². The van der Waals surface area contributed by atoms with Crippen molar-refractivity contribution in [1.29, 1.82) is 0 Å². The predicted molar refractivity (Wildman–Crippen MR) is 78.0 cm³/mol. The molecule has 1 unspecified atom stereocenters. The van der Waals surface area contributed by atoms with Gasteiger partial charge in [-0.3, -0.25) is 0 Å². The molecule has 0 bridgehead atoms. The van der Waals surface area contributed by atoms with Crippen LogP contribution in [0.4, 0.5) is 0 Å². The molecule has 0 heterocycles. The minimum atomic E-state index is -0.175. The molecule has 0 aliphatic rings. The fourth-order valence-corrected chi connectivity index (χ4v) is 2.81. The fourth-order valence-electron chi connectivity index (χ4n) is 1.65. The number of rotatable bonds is 2. The van der Waals surface area contributed by atoms with Crippen LogP contribution in [0.3, 0.4) is 0 Å². The molecule has 2 aromatic carbocycles. The van der Waals surface area contributed by atoms with Gasteiger partial charge in [0.1, 0.15) is 0 Å². The normalized spacial score (nSPS) is 12.5. The SMILES string of the molecule is Cc1ccc(C(Cl)c2cc(Cl)cc(Br)c2)cc1. The third-order valence-corrected chi connectivity index (χ3v) is 3.73. The minimum Gasteiger partial charge on any atom is -0.113 e. The van der Waals surface area contributed by atoms with Gasteiger partial charge < -0.3 is 0 Å². The lowest BCUT2D eigenvalue weighted by Crippen LogP contribution is -1.93. The van der Waals surface area contributed by atoms with E-state index < -0.39 is 0 Å². The molecular weight excluding hydrogens is 319 g/mol. The molecule has 3 heteroatoms. The quantitative estimate of drug-likeness (QED) is 0.616. The van der Waals surface area contributed by atoms with Crippen LogP contribution >= 0.6 is 39.1 Å². The lowest BCUT2D eigenvalue weighted by molar-refractivity contribution is 1.13. The van der Waals surface area contributed by atoms with Crippen molar-refractivity contribution in [3.8, 4) is 0 Å². The molecule has 0 N–H and O–H groups in total. The van der Waals surface area contributed by atoms with Crippen LogP contribution in [0.1, 0.15) is 22.1 Å². The van der Waals surface area contributed by atoms with E-state index in [0.717, 1.165) is 15.6 Å². The largest absolute Gasteiger partial charge is 0.113 e. The zero-order valence-electron chi connectivity index (χ0n) is 9.25. The average Bonchev–Trinajstić information content (AvgIpc) is 2.28. The van der Waals surface area contributed by atoms with Crippen LogP contribution in [0.2, 0.25) is 5.02 Å². The molecule has 17 heavy (non-hydrogen) atoms. The summed E-state index contributed by atoms with van der Waals surface area (Å²) >= 11 is 15.9. The summed E-state index contributed by atoms with van der Waals surface area (Å²) in [4.78, 5) is 0. The summed E-state index contributed by atoms with van der Waals surface area (Å²) in [5.41, 5.74) is 3.30. The molecule has 0 saturated heterocycles. The van der Waals surface area contributed by atoms with Gasteiger partial charge >= 0.3 is 0 Å². The van der Waals surface area contributed by atoms with E-state index in [0.29, 0.717) is 5.02 Å². The molecule has 0 saturated carbocycles. The van der Waals surface area contributed by atoms with Crippen molar-refractivity contribution in [1.82, 2.24) is 0 Å². The topological polar surface area (TPSA) is 0 Å². The Morgan fingerprint density at radius 1 is 1.00 bits per heavy atom. The summed E-state index contributed by atoms with van der Waals surface area (Å²) < 4.78 is 0.942. The van der Waals surface area contributed by atoms with E-state index >= 15 is 0 Å². The Morgan fingerprint density at radius 2 is 1.65 bits per heavy atom. The van der Waals surface area contributed by atoms with Crippen LogP contribution in [0.5, 0.6) is 0 Å². The van der Waals surface area contributed by atoms with Crippen LogP contribution in [-0.4, -0.2) is 0 Å². The second-order valence-corrected chi connectivity index (χ2v) is 5.76. The number of benzene rings is 2. The highest BCUT2D eigenvalue weighted by Gasteiger charge is 2.11. The molecule has 0 aromatic heterocycles. The Balaban J connectivity index is 2.36. The number of halogens is 3. The highest BCUT2D eigenvalue weighted by Crippen LogP contribution is 2.32. The molecule has 88 valence electrons. The van der Waals surface area contributed by atoms with E-state index in [1.165, 1.54) is 5.56 Å². The van der Waals surface area contributed by atoms with E-state index in [4.69, 9.17) is 23.2 Å². The number of aryl methyl sites for hydroxylation is 1. The average molecular weight is 330 g/mol. The second kappa shape index (κ2) is 5.43. The summed E-state index contributed by atoms with van der Waals surface area (Å²) in [5, 5.41) is 0.512. The van der Waals surface area contributed by atoms with E-state index in [2.05, 4.69) is 35.0 Å². The van der Waals surface area contributed by atoms with Crippen molar-refractivity contribution in [2.75, 3.05) is 0 Å². The molecule has 2 aromatic rings. The van der Waals surface area contributed by atoms with E-state index in [-0.39, 0.29) is 5.38 Å². The summed E-state index contributed by atoms with van der Waals surface area (Å²) in [5.74, 6) is 0. The third-order valence-electron chi connectivity index (χ3n) is 2.55. The fraction of sp³-hybridized carbons (Fsp3) is 0.143. The first kappa shape index (κ1) is 12.9. The monoisotopic (exact) mass is 328 g/mol. The molecular formula is C14H11BrCl2. The van der Waals surface area contributed by atoms with Gasteiger partial charge in [-0.25, -0.2) is 0 Å². The zero-order valence-corrected chi connectivity index (χ0v) is 12.4. The van der Waals surface area contributed by atoms with Crippen molar-refractivity contribution in [3.63, 3.8) is 0 Å². The zero-order chi connectivity index (χ0) is 12.4. The van der Waals surface area contributed by atoms with Crippen LogP contribution in [0.15, 0.2) is 46.9 Å². The molecule has 0 amide bonds. The minimum absolute atomic E-state index is 0.175. The first-order chi connectivity index (χ1) is 8.06. The Kier molecular flexibility index (Phi) is 4.13. The molecule has 2 rings (SSSR count). The van der Waals surface area contributed by atoms with Gasteiger partial charge in [-0.15, -0.1) is 11.6 Å². The van der Waals surface area contributed by atoms with Crippen molar-refractivity contribution < 1.29 is 0 Å². The molecule has 1 atom stereocenters. The van der Waals surface area contributed by atoms with Crippen molar-refractivity contribution in [2.24, 2.45) is 0 Å². The molecule has 0 fully saturated rings. The lowest BCUT2D eigenvalue weighted by Gasteiger charge is -2.11. The van der Waals surface area contributed by atoms with Crippen molar-refractivity contribution in [3.05, 3.63) is 68.7 Å². The first-order valence-electron chi connectivity index (χ1n) is 5.23. The molecule has 0 radical (unpaired) electrons. The Hall–Kier alpha value is -0.500. The maximum Gasteiger partial charge on any atom is 0.0836 e. The number of hydrogen-bond acceptors (Lipinski definition) is 0. The number of hydrogen-bond donors (Lipinski definition) is 0. The van der Waals surface area contributed by atoms with Crippen LogP contribution < -0.4 is 0 Å². The van der Waals surface area contributed by atoms with Gasteiger partial charge in [0.15, 0.2) is 0 Å². The Bertz CT molecular complexity index is 500. The molecule has 0 aliphatic heterocycles.